The van der Waals surface area contributed by atoms with E-state index in [2.05, 4.69) is 72.6 Å². The Morgan fingerprint density at radius 1 is 1.00 bits per heavy atom. The topological polar surface area (TPSA) is 15.3 Å². The summed E-state index contributed by atoms with van der Waals surface area (Å²) in [6.45, 7) is 7.79. The monoisotopic (exact) mass is 294 g/mol. The summed E-state index contributed by atoms with van der Waals surface area (Å²) in [6, 6.07) is 17.4. The quantitative estimate of drug-likeness (QED) is 0.867. The van der Waals surface area contributed by atoms with E-state index in [0.717, 1.165) is 12.5 Å². The average Bonchev–Trinajstić information content (AvgIpc) is 2.55. The van der Waals surface area contributed by atoms with E-state index in [1.807, 2.05) is 0 Å². The summed E-state index contributed by atoms with van der Waals surface area (Å²) in [5.74, 6) is 0.881. The van der Waals surface area contributed by atoms with E-state index >= 15 is 0 Å². The van der Waals surface area contributed by atoms with Crippen LogP contribution in [0.5, 0.6) is 0 Å². The summed E-state index contributed by atoms with van der Waals surface area (Å²) in [5.41, 5.74) is 5.25. The molecule has 0 atom stereocenters. The van der Waals surface area contributed by atoms with E-state index in [1.165, 1.54) is 48.4 Å². The third kappa shape index (κ3) is 3.62. The molecule has 1 aliphatic rings. The fourth-order valence-corrected chi connectivity index (χ4v) is 3.06. The molecule has 0 unspecified atom stereocenters. The van der Waals surface area contributed by atoms with Crippen LogP contribution in [0.4, 0.5) is 11.4 Å². The van der Waals surface area contributed by atoms with Gasteiger partial charge in [-0.05, 0) is 61.1 Å². The molecule has 1 heterocycles. The zero-order valence-corrected chi connectivity index (χ0v) is 13.7. The molecule has 2 nitrogen and oxygen atoms in total. The second-order valence-corrected chi connectivity index (χ2v) is 6.50. The molecule has 0 aromatic heterocycles. The van der Waals surface area contributed by atoms with E-state index in [-0.39, 0.29) is 0 Å². The molecule has 2 heteroatoms. The number of rotatable bonds is 4. The third-order valence-corrected chi connectivity index (χ3v) is 4.76. The number of aryl methyl sites for hydroxylation is 1. The van der Waals surface area contributed by atoms with Crippen LogP contribution in [0.15, 0.2) is 48.5 Å². The van der Waals surface area contributed by atoms with Gasteiger partial charge in [0.1, 0.15) is 0 Å². The smallest absolute Gasteiger partial charge is 0.0403 e. The summed E-state index contributed by atoms with van der Waals surface area (Å²) >= 11 is 0. The van der Waals surface area contributed by atoms with Crippen LogP contribution >= 0.6 is 0 Å². The molecule has 0 radical (unpaired) electrons. The van der Waals surface area contributed by atoms with Gasteiger partial charge in [0, 0.05) is 31.0 Å². The van der Waals surface area contributed by atoms with Gasteiger partial charge in [-0.3, -0.25) is 0 Å². The van der Waals surface area contributed by atoms with Crippen LogP contribution in [0.1, 0.15) is 30.9 Å². The molecule has 0 aliphatic carbocycles. The number of nitrogens with one attached hydrogen (secondary N) is 1. The molecule has 22 heavy (non-hydrogen) atoms. The van der Waals surface area contributed by atoms with E-state index in [0.29, 0.717) is 0 Å². The Balaban J connectivity index is 1.59. The molecule has 1 fully saturated rings. The third-order valence-electron chi connectivity index (χ3n) is 4.76. The van der Waals surface area contributed by atoms with Gasteiger partial charge >= 0.3 is 0 Å². The normalized spacial score (nSPS) is 15.8. The van der Waals surface area contributed by atoms with Crippen LogP contribution in [0, 0.1) is 12.8 Å². The minimum atomic E-state index is 0.881. The maximum atomic E-state index is 3.52. The summed E-state index contributed by atoms with van der Waals surface area (Å²) in [4.78, 5) is 2.51. The Kier molecular flexibility index (Phi) is 4.67. The van der Waals surface area contributed by atoms with E-state index < -0.39 is 0 Å². The highest BCUT2D eigenvalue weighted by Gasteiger charge is 2.15. The minimum Gasteiger partial charge on any atom is -0.381 e. The molecule has 1 saturated heterocycles. The molecule has 0 bridgehead atoms. The van der Waals surface area contributed by atoms with Gasteiger partial charge in [-0.25, -0.2) is 0 Å². The van der Waals surface area contributed by atoms with Crippen LogP contribution < -0.4 is 10.2 Å². The van der Waals surface area contributed by atoms with Gasteiger partial charge in [-0.15, -0.1) is 0 Å². The molecule has 1 aliphatic heterocycles. The molecular formula is C20H26N2. The van der Waals surface area contributed by atoms with Crippen molar-refractivity contribution in [3.8, 4) is 0 Å². The fraction of sp³-hybridized carbons (Fsp3) is 0.400. The first-order valence-electron chi connectivity index (χ1n) is 8.36. The van der Waals surface area contributed by atoms with E-state index in [1.54, 1.807) is 0 Å². The van der Waals surface area contributed by atoms with Gasteiger partial charge in [0.15, 0.2) is 0 Å². The van der Waals surface area contributed by atoms with Gasteiger partial charge in [0.05, 0.1) is 0 Å². The number of anilines is 2. The maximum Gasteiger partial charge on any atom is 0.0403 e. The van der Waals surface area contributed by atoms with Crippen molar-refractivity contribution in [2.45, 2.75) is 33.2 Å². The summed E-state index contributed by atoms with van der Waals surface area (Å²) < 4.78 is 0. The lowest BCUT2D eigenvalue weighted by molar-refractivity contribution is 0.438. The highest BCUT2D eigenvalue weighted by atomic mass is 15.1. The highest BCUT2D eigenvalue weighted by molar-refractivity contribution is 5.55. The van der Waals surface area contributed by atoms with Gasteiger partial charge in [-0.1, -0.05) is 31.2 Å². The van der Waals surface area contributed by atoms with Crippen molar-refractivity contribution >= 4 is 11.4 Å². The summed E-state index contributed by atoms with van der Waals surface area (Å²) in [7, 11) is 0. The van der Waals surface area contributed by atoms with Crippen LogP contribution in [-0.4, -0.2) is 13.1 Å². The summed E-state index contributed by atoms with van der Waals surface area (Å²) in [5, 5.41) is 3.52. The second-order valence-electron chi connectivity index (χ2n) is 6.50. The number of piperidine rings is 1. The standard InChI is InChI=1S/C20H26N2/c1-16-11-13-22(14-12-16)20-9-7-19(8-10-20)21-15-18-6-4-3-5-17(18)2/h3-10,16,21H,11-15H2,1-2H3. The molecule has 3 rings (SSSR count). The summed E-state index contributed by atoms with van der Waals surface area (Å²) in [6.07, 6.45) is 2.63. The van der Waals surface area contributed by atoms with Crippen molar-refractivity contribution in [3.05, 3.63) is 59.7 Å². The van der Waals surface area contributed by atoms with Crippen molar-refractivity contribution in [2.75, 3.05) is 23.3 Å². The van der Waals surface area contributed by atoms with Crippen molar-refractivity contribution < 1.29 is 0 Å². The molecule has 2 aromatic carbocycles. The van der Waals surface area contributed by atoms with Crippen molar-refractivity contribution in [3.63, 3.8) is 0 Å². The Labute approximate surface area is 134 Å². The van der Waals surface area contributed by atoms with Crippen molar-refractivity contribution in [2.24, 2.45) is 5.92 Å². The average molecular weight is 294 g/mol. The molecule has 116 valence electrons. The molecule has 1 N–H and O–H groups in total. The number of benzene rings is 2. The first-order chi connectivity index (χ1) is 10.7. The Morgan fingerprint density at radius 2 is 1.68 bits per heavy atom. The van der Waals surface area contributed by atoms with E-state index in [4.69, 9.17) is 0 Å². The van der Waals surface area contributed by atoms with Crippen LogP contribution in [-0.2, 0) is 6.54 Å². The number of nitrogens with zero attached hydrogens (tertiary/aromatic N) is 1. The fourth-order valence-electron chi connectivity index (χ4n) is 3.06. The SMILES string of the molecule is Cc1ccccc1CNc1ccc(N2CCC(C)CC2)cc1. The highest BCUT2D eigenvalue weighted by Crippen LogP contribution is 2.24. The van der Waals surface area contributed by atoms with Crippen LogP contribution in [0.2, 0.25) is 0 Å². The molecular weight excluding hydrogens is 268 g/mol. The lowest BCUT2D eigenvalue weighted by Gasteiger charge is -2.32. The van der Waals surface area contributed by atoms with E-state index in [9.17, 15) is 0 Å². The lowest BCUT2D eigenvalue weighted by Crippen LogP contribution is -2.32. The minimum absolute atomic E-state index is 0.881. The number of hydrogen-bond donors (Lipinski definition) is 1. The molecule has 0 spiro atoms. The first-order valence-corrected chi connectivity index (χ1v) is 8.36. The molecule has 0 amide bonds. The molecule has 0 saturated carbocycles. The van der Waals surface area contributed by atoms with Crippen molar-refractivity contribution in [1.29, 1.82) is 0 Å². The second kappa shape index (κ2) is 6.87. The Morgan fingerprint density at radius 3 is 2.36 bits per heavy atom. The van der Waals surface area contributed by atoms with Crippen LogP contribution in [0.25, 0.3) is 0 Å². The Bertz CT molecular complexity index is 595. The maximum absolute atomic E-state index is 3.52. The largest absolute Gasteiger partial charge is 0.381 e. The Hall–Kier alpha value is -1.96. The predicted molar refractivity (Wildman–Crippen MR) is 95.6 cm³/mol. The number of hydrogen-bond acceptors (Lipinski definition) is 2. The van der Waals surface area contributed by atoms with Gasteiger partial charge < -0.3 is 10.2 Å². The van der Waals surface area contributed by atoms with Crippen molar-refractivity contribution in [1.82, 2.24) is 0 Å². The van der Waals surface area contributed by atoms with Gasteiger partial charge in [-0.2, -0.15) is 0 Å². The van der Waals surface area contributed by atoms with Gasteiger partial charge in [0.25, 0.3) is 0 Å². The first kappa shape index (κ1) is 15.0. The van der Waals surface area contributed by atoms with Gasteiger partial charge in [0.2, 0.25) is 0 Å². The predicted octanol–water partition coefficient (Wildman–Crippen LogP) is 4.84. The zero-order valence-electron chi connectivity index (χ0n) is 13.7. The van der Waals surface area contributed by atoms with Crippen LogP contribution in [0.3, 0.4) is 0 Å². The molecule has 2 aromatic rings. The zero-order chi connectivity index (χ0) is 15.4. The lowest BCUT2D eigenvalue weighted by atomic mass is 9.99.